The van der Waals surface area contributed by atoms with Gasteiger partial charge in [-0.25, -0.2) is 4.98 Å². The van der Waals surface area contributed by atoms with Crippen LogP contribution in [0.2, 0.25) is 0 Å². The smallest absolute Gasteiger partial charge is 0.228 e. The van der Waals surface area contributed by atoms with Crippen LogP contribution in [0.3, 0.4) is 0 Å². The fraction of sp³-hybridized carbons (Fsp3) is 0.538. The fourth-order valence-corrected chi connectivity index (χ4v) is 1.55. The molecule has 1 saturated carbocycles. The summed E-state index contributed by atoms with van der Waals surface area (Å²) in [5, 5.41) is 6.14. The number of aromatic nitrogens is 1. The number of nitrogens with one attached hydrogen (secondary N) is 2. The summed E-state index contributed by atoms with van der Waals surface area (Å²) in [5.41, 5.74) is 0.974. The highest BCUT2D eigenvalue weighted by Gasteiger charge is 2.29. The van der Waals surface area contributed by atoms with E-state index in [4.69, 9.17) is 0 Å². The zero-order valence-electron chi connectivity index (χ0n) is 10.6. The lowest BCUT2D eigenvalue weighted by Gasteiger charge is -2.21. The van der Waals surface area contributed by atoms with Crippen molar-refractivity contribution in [1.82, 2.24) is 4.98 Å². The molecule has 1 aliphatic carbocycles. The molecule has 2 N–H and O–H groups in total. The van der Waals surface area contributed by atoms with E-state index in [9.17, 15) is 4.79 Å². The van der Waals surface area contributed by atoms with E-state index >= 15 is 0 Å². The third-order valence-electron chi connectivity index (χ3n) is 2.48. The normalized spacial score (nSPS) is 15.5. The Labute approximate surface area is 102 Å². The average molecular weight is 233 g/mol. The number of rotatable bonds is 3. The summed E-state index contributed by atoms with van der Waals surface area (Å²) in [6.07, 6.45) is 3.76. The van der Waals surface area contributed by atoms with Crippen molar-refractivity contribution in [2.45, 2.75) is 39.2 Å². The van der Waals surface area contributed by atoms with E-state index in [1.807, 2.05) is 12.1 Å². The molecule has 0 bridgehead atoms. The molecular formula is C13H19N3O. The maximum atomic E-state index is 11.5. The number of amides is 1. The predicted octanol–water partition coefficient (Wildman–Crippen LogP) is 2.64. The summed E-state index contributed by atoms with van der Waals surface area (Å²) in [6, 6.07) is 3.76. The van der Waals surface area contributed by atoms with Gasteiger partial charge in [-0.3, -0.25) is 4.79 Å². The van der Waals surface area contributed by atoms with Gasteiger partial charge in [-0.15, -0.1) is 0 Å². The Morgan fingerprint density at radius 3 is 2.53 bits per heavy atom. The number of nitrogens with zero attached hydrogens (tertiary/aromatic N) is 1. The molecule has 2 rings (SSSR count). The molecule has 0 atom stereocenters. The maximum absolute atomic E-state index is 11.5. The summed E-state index contributed by atoms with van der Waals surface area (Å²) in [4.78, 5) is 15.7. The van der Waals surface area contributed by atoms with Crippen molar-refractivity contribution in [3.63, 3.8) is 0 Å². The molecule has 1 fully saturated rings. The van der Waals surface area contributed by atoms with Gasteiger partial charge in [0.1, 0.15) is 5.82 Å². The topological polar surface area (TPSA) is 54.0 Å². The number of pyridine rings is 1. The Kier molecular flexibility index (Phi) is 3.05. The molecule has 1 aromatic rings. The second-order valence-corrected chi connectivity index (χ2v) is 5.57. The van der Waals surface area contributed by atoms with Crippen LogP contribution in [0.5, 0.6) is 0 Å². The monoisotopic (exact) mass is 233 g/mol. The van der Waals surface area contributed by atoms with Crippen LogP contribution in [-0.2, 0) is 4.79 Å². The standard InChI is InChI=1S/C13H19N3O/c1-13(2,3)16-10-6-7-11(14-8-10)15-12(17)9-4-5-9/h6-9,16H,4-5H2,1-3H3,(H,14,15,17). The van der Waals surface area contributed by atoms with Gasteiger partial charge in [0, 0.05) is 11.5 Å². The van der Waals surface area contributed by atoms with Gasteiger partial charge in [-0.05, 0) is 45.7 Å². The molecule has 4 nitrogen and oxygen atoms in total. The van der Waals surface area contributed by atoms with Gasteiger partial charge in [0.15, 0.2) is 0 Å². The third-order valence-corrected chi connectivity index (χ3v) is 2.48. The van der Waals surface area contributed by atoms with E-state index < -0.39 is 0 Å². The fourth-order valence-electron chi connectivity index (χ4n) is 1.55. The van der Waals surface area contributed by atoms with Crippen LogP contribution in [-0.4, -0.2) is 16.4 Å². The highest BCUT2D eigenvalue weighted by Crippen LogP contribution is 2.30. The van der Waals surface area contributed by atoms with Gasteiger partial charge in [0.25, 0.3) is 0 Å². The first-order valence-corrected chi connectivity index (χ1v) is 5.99. The largest absolute Gasteiger partial charge is 0.379 e. The SMILES string of the molecule is CC(C)(C)Nc1ccc(NC(=O)C2CC2)nc1. The predicted molar refractivity (Wildman–Crippen MR) is 69.0 cm³/mol. The quantitative estimate of drug-likeness (QED) is 0.843. The lowest BCUT2D eigenvalue weighted by atomic mass is 10.1. The van der Waals surface area contributed by atoms with Crippen LogP contribution in [0, 0.1) is 5.92 Å². The second-order valence-electron chi connectivity index (χ2n) is 5.57. The van der Waals surface area contributed by atoms with Crippen LogP contribution in [0.15, 0.2) is 18.3 Å². The molecule has 0 spiro atoms. The van der Waals surface area contributed by atoms with Crippen LogP contribution < -0.4 is 10.6 Å². The van der Waals surface area contributed by atoms with E-state index in [1.165, 1.54) is 0 Å². The van der Waals surface area contributed by atoms with Crippen LogP contribution >= 0.6 is 0 Å². The Morgan fingerprint density at radius 2 is 2.06 bits per heavy atom. The second kappa shape index (κ2) is 4.35. The molecular weight excluding hydrogens is 214 g/mol. The molecule has 1 amide bonds. The number of anilines is 2. The van der Waals surface area contributed by atoms with Crippen molar-refractivity contribution in [1.29, 1.82) is 0 Å². The van der Waals surface area contributed by atoms with Crippen molar-refractivity contribution in [3.8, 4) is 0 Å². The van der Waals surface area contributed by atoms with E-state index in [-0.39, 0.29) is 17.4 Å². The van der Waals surface area contributed by atoms with Gasteiger partial charge in [-0.2, -0.15) is 0 Å². The maximum Gasteiger partial charge on any atom is 0.228 e. The Hall–Kier alpha value is -1.58. The first-order valence-electron chi connectivity index (χ1n) is 5.99. The van der Waals surface area contributed by atoms with Gasteiger partial charge in [0.05, 0.1) is 11.9 Å². The number of carbonyl (C=O) groups is 1. The molecule has 0 saturated heterocycles. The minimum absolute atomic E-state index is 0.0143. The molecule has 0 aromatic carbocycles. The first kappa shape index (κ1) is 11.9. The van der Waals surface area contributed by atoms with Gasteiger partial charge < -0.3 is 10.6 Å². The highest BCUT2D eigenvalue weighted by molar-refractivity contribution is 5.93. The molecule has 1 aliphatic rings. The van der Waals surface area contributed by atoms with Crippen molar-refractivity contribution in [2.24, 2.45) is 5.92 Å². The zero-order chi connectivity index (χ0) is 12.5. The van der Waals surface area contributed by atoms with E-state index in [2.05, 4.69) is 36.4 Å². The minimum Gasteiger partial charge on any atom is -0.379 e. The molecule has 4 heteroatoms. The highest BCUT2D eigenvalue weighted by atomic mass is 16.2. The minimum atomic E-state index is 0.0143. The Morgan fingerprint density at radius 1 is 1.35 bits per heavy atom. The summed E-state index contributed by atoms with van der Waals surface area (Å²) in [6.45, 7) is 6.28. The average Bonchev–Trinajstić information content (AvgIpc) is 3.02. The van der Waals surface area contributed by atoms with Crippen LogP contribution in [0.1, 0.15) is 33.6 Å². The van der Waals surface area contributed by atoms with Gasteiger partial charge in [0.2, 0.25) is 5.91 Å². The van der Waals surface area contributed by atoms with Crippen molar-refractivity contribution >= 4 is 17.4 Å². The molecule has 92 valence electrons. The molecule has 17 heavy (non-hydrogen) atoms. The Balaban J connectivity index is 1.95. The number of hydrogen-bond acceptors (Lipinski definition) is 3. The molecule has 1 aromatic heterocycles. The van der Waals surface area contributed by atoms with Crippen molar-refractivity contribution in [3.05, 3.63) is 18.3 Å². The molecule has 0 unspecified atom stereocenters. The molecule has 0 aliphatic heterocycles. The number of hydrogen-bond donors (Lipinski definition) is 2. The molecule has 1 heterocycles. The lowest BCUT2D eigenvalue weighted by molar-refractivity contribution is -0.117. The summed E-state index contributed by atoms with van der Waals surface area (Å²) in [5.74, 6) is 0.930. The van der Waals surface area contributed by atoms with E-state index in [0.29, 0.717) is 5.82 Å². The van der Waals surface area contributed by atoms with Gasteiger partial charge in [-0.1, -0.05) is 0 Å². The summed E-state index contributed by atoms with van der Waals surface area (Å²) >= 11 is 0. The summed E-state index contributed by atoms with van der Waals surface area (Å²) in [7, 11) is 0. The van der Waals surface area contributed by atoms with Crippen LogP contribution in [0.4, 0.5) is 11.5 Å². The van der Waals surface area contributed by atoms with Gasteiger partial charge >= 0.3 is 0 Å². The number of carbonyl (C=O) groups excluding carboxylic acids is 1. The third kappa shape index (κ3) is 3.73. The first-order chi connectivity index (χ1) is 7.94. The van der Waals surface area contributed by atoms with Crippen molar-refractivity contribution < 1.29 is 4.79 Å². The van der Waals surface area contributed by atoms with Crippen molar-refractivity contribution in [2.75, 3.05) is 10.6 Å². The summed E-state index contributed by atoms with van der Waals surface area (Å²) < 4.78 is 0. The molecule has 0 radical (unpaired) electrons. The van der Waals surface area contributed by atoms with E-state index in [1.54, 1.807) is 6.20 Å². The Bertz CT molecular complexity index is 402. The lowest BCUT2D eigenvalue weighted by Crippen LogP contribution is -2.26. The van der Waals surface area contributed by atoms with E-state index in [0.717, 1.165) is 18.5 Å². The zero-order valence-corrected chi connectivity index (χ0v) is 10.6. The van der Waals surface area contributed by atoms with Crippen LogP contribution in [0.25, 0.3) is 0 Å².